The molecule has 13 heavy (non-hydrogen) atoms. The van der Waals surface area contributed by atoms with E-state index in [1.165, 1.54) is 11.0 Å². The molecule has 0 radical (unpaired) electrons. The number of nitrogens with zero attached hydrogens (tertiary/aromatic N) is 1. The van der Waals surface area contributed by atoms with Crippen molar-refractivity contribution in [2.24, 2.45) is 0 Å². The second-order valence-electron chi connectivity index (χ2n) is 3.03. The van der Waals surface area contributed by atoms with E-state index in [1.807, 2.05) is 0 Å². The first-order valence-electron chi connectivity index (χ1n) is 3.97. The monoisotopic (exact) mass is 180 g/mol. The van der Waals surface area contributed by atoms with Gasteiger partial charge < -0.3 is 9.88 Å². The zero-order chi connectivity index (χ0) is 9.84. The topological polar surface area (TPSA) is 53.2 Å². The number of pyridine rings is 1. The van der Waals surface area contributed by atoms with Gasteiger partial charge >= 0.3 is 0 Å². The highest BCUT2D eigenvalue weighted by Crippen LogP contribution is 1.96. The van der Waals surface area contributed by atoms with E-state index in [0.29, 0.717) is 0 Å². The highest BCUT2D eigenvalue weighted by atomic mass is 16.2. The summed E-state index contributed by atoms with van der Waals surface area (Å²) in [6.45, 7) is 0. The first-order valence-corrected chi connectivity index (χ1v) is 3.97. The molecular formula is C9H12N2O2. The zero-order valence-electron chi connectivity index (χ0n) is 7.70. The molecule has 0 spiro atoms. The molecule has 0 aliphatic carbocycles. The van der Waals surface area contributed by atoms with Crippen LogP contribution >= 0.6 is 0 Å². The molecule has 1 N–H and O–H groups in total. The number of carbonyl (C=O) groups is 1. The molecule has 0 saturated carbocycles. The molecule has 0 bridgehead atoms. The van der Waals surface area contributed by atoms with Crippen molar-refractivity contribution in [2.75, 3.05) is 14.1 Å². The highest BCUT2D eigenvalue weighted by molar-refractivity contribution is 5.78. The van der Waals surface area contributed by atoms with Crippen molar-refractivity contribution in [3.63, 3.8) is 0 Å². The Bertz CT molecular complexity index is 355. The molecule has 0 saturated heterocycles. The van der Waals surface area contributed by atoms with Crippen molar-refractivity contribution >= 4 is 5.91 Å². The van der Waals surface area contributed by atoms with E-state index in [1.54, 1.807) is 26.4 Å². The summed E-state index contributed by atoms with van der Waals surface area (Å²) in [5.41, 5.74) is 0.562. The van der Waals surface area contributed by atoms with Crippen LogP contribution < -0.4 is 5.56 Å². The van der Waals surface area contributed by atoms with Crippen molar-refractivity contribution in [2.45, 2.75) is 6.42 Å². The molecule has 0 unspecified atom stereocenters. The van der Waals surface area contributed by atoms with E-state index >= 15 is 0 Å². The Morgan fingerprint density at radius 1 is 1.54 bits per heavy atom. The number of rotatable bonds is 2. The van der Waals surface area contributed by atoms with Crippen LogP contribution in [0.25, 0.3) is 0 Å². The summed E-state index contributed by atoms with van der Waals surface area (Å²) in [4.78, 5) is 26.1. The third-order valence-corrected chi connectivity index (χ3v) is 1.69. The average Bonchev–Trinajstić information content (AvgIpc) is 2.04. The number of aromatic amines is 1. The number of hydrogen-bond acceptors (Lipinski definition) is 2. The Morgan fingerprint density at radius 3 is 2.77 bits per heavy atom. The summed E-state index contributed by atoms with van der Waals surface area (Å²) < 4.78 is 0. The number of aromatic nitrogens is 1. The minimum atomic E-state index is -0.177. The molecule has 1 rings (SSSR count). The van der Waals surface area contributed by atoms with Crippen molar-refractivity contribution in [1.82, 2.24) is 9.88 Å². The Hall–Kier alpha value is -1.58. The third-order valence-electron chi connectivity index (χ3n) is 1.69. The van der Waals surface area contributed by atoms with Gasteiger partial charge in [0.15, 0.2) is 0 Å². The normalized spacial score (nSPS) is 9.69. The van der Waals surface area contributed by atoms with Crippen LogP contribution in [0, 0.1) is 0 Å². The molecule has 0 aliphatic heterocycles. The lowest BCUT2D eigenvalue weighted by molar-refractivity contribution is -0.127. The van der Waals surface area contributed by atoms with Crippen LogP contribution in [0.5, 0.6) is 0 Å². The van der Waals surface area contributed by atoms with E-state index in [4.69, 9.17) is 0 Å². The maximum absolute atomic E-state index is 11.2. The number of carbonyl (C=O) groups excluding carboxylic acids is 1. The van der Waals surface area contributed by atoms with E-state index in [0.717, 1.165) is 5.56 Å². The van der Waals surface area contributed by atoms with Crippen LogP contribution in [0.3, 0.4) is 0 Å². The Kier molecular flexibility index (Phi) is 2.84. The number of hydrogen-bond donors (Lipinski definition) is 1. The molecule has 70 valence electrons. The summed E-state index contributed by atoms with van der Waals surface area (Å²) >= 11 is 0. The number of likely N-dealkylation sites (N-methyl/N-ethyl adjacent to an activating group) is 1. The Labute approximate surface area is 76.2 Å². The van der Waals surface area contributed by atoms with Crippen LogP contribution in [0.15, 0.2) is 23.1 Å². The molecule has 0 aromatic carbocycles. The Balaban J connectivity index is 2.75. The maximum Gasteiger partial charge on any atom is 0.248 e. The first kappa shape index (κ1) is 9.51. The van der Waals surface area contributed by atoms with Gasteiger partial charge in [0.05, 0.1) is 6.42 Å². The molecule has 0 fully saturated rings. The van der Waals surface area contributed by atoms with Gasteiger partial charge in [-0.1, -0.05) is 0 Å². The minimum absolute atomic E-state index is 0.00870. The van der Waals surface area contributed by atoms with E-state index in [2.05, 4.69) is 4.98 Å². The average molecular weight is 180 g/mol. The second-order valence-corrected chi connectivity index (χ2v) is 3.03. The molecule has 0 atom stereocenters. The second kappa shape index (κ2) is 3.89. The van der Waals surface area contributed by atoms with Gasteiger partial charge in [-0.3, -0.25) is 9.59 Å². The van der Waals surface area contributed by atoms with Gasteiger partial charge in [-0.2, -0.15) is 0 Å². The summed E-state index contributed by atoms with van der Waals surface area (Å²) in [5.74, 6) is -0.00870. The summed E-state index contributed by atoms with van der Waals surface area (Å²) in [6.07, 6.45) is 1.82. The van der Waals surface area contributed by atoms with Gasteiger partial charge in [0.1, 0.15) is 0 Å². The standard InChI is InChI=1S/C9H12N2O2/c1-11(2)9(13)6-7-3-4-10-8(12)5-7/h3-5H,6H2,1-2H3,(H,10,12). The van der Waals surface area contributed by atoms with Crippen molar-refractivity contribution < 1.29 is 4.79 Å². The lowest BCUT2D eigenvalue weighted by Crippen LogP contribution is -2.24. The summed E-state index contributed by atoms with van der Waals surface area (Å²) in [6, 6.07) is 3.16. The molecule has 4 nitrogen and oxygen atoms in total. The van der Waals surface area contributed by atoms with Gasteiger partial charge in [0, 0.05) is 26.4 Å². The lowest BCUT2D eigenvalue weighted by atomic mass is 10.2. The van der Waals surface area contributed by atoms with Crippen LogP contribution in [0.4, 0.5) is 0 Å². The number of amides is 1. The fourth-order valence-corrected chi connectivity index (χ4v) is 0.932. The molecular weight excluding hydrogens is 168 g/mol. The first-order chi connectivity index (χ1) is 6.09. The van der Waals surface area contributed by atoms with E-state index < -0.39 is 0 Å². The molecule has 1 heterocycles. The van der Waals surface area contributed by atoms with E-state index in [-0.39, 0.29) is 17.9 Å². The predicted molar refractivity (Wildman–Crippen MR) is 49.5 cm³/mol. The minimum Gasteiger partial charge on any atom is -0.349 e. The van der Waals surface area contributed by atoms with Gasteiger partial charge in [-0.25, -0.2) is 0 Å². The van der Waals surface area contributed by atoms with Crippen LogP contribution in [0.1, 0.15) is 5.56 Å². The lowest BCUT2D eigenvalue weighted by Gasteiger charge is -2.09. The summed E-state index contributed by atoms with van der Waals surface area (Å²) in [5, 5.41) is 0. The quantitative estimate of drug-likeness (QED) is 0.696. The van der Waals surface area contributed by atoms with Crippen LogP contribution in [-0.4, -0.2) is 29.9 Å². The smallest absolute Gasteiger partial charge is 0.248 e. The molecule has 0 aliphatic rings. The molecule has 1 aromatic rings. The fourth-order valence-electron chi connectivity index (χ4n) is 0.932. The van der Waals surface area contributed by atoms with Gasteiger partial charge in [0.25, 0.3) is 0 Å². The molecule has 1 amide bonds. The fraction of sp³-hybridized carbons (Fsp3) is 0.333. The van der Waals surface area contributed by atoms with Crippen molar-refractivity contribution in [3.8, 4) is 0 Å². The maximum atomic E-state index is 11.2. The number of nitrogens with one attached hydrogen (secondary N) is 1. The zero-order valence-corrected chi connectivity index (χ0v) is 7.70. The van der Waals surface area contributed by atoms with Gasteiger partial charge in [0.2, 0.25) is 11.5 Å². The van der Waals surface area contributed by atoms with E-state index in [9.17, 15) is 9.59 Å². The predicted octanol–water partition coefficient (Wildman–Crippen LogP) is 0.00560. The largest absolute Gasteiger partial charge is 0.349 e. The molecule has 4 heteroatoms. The van der Waals surface area contributed by atoms with Crippen LogP contribution in [0.2, 0.25) is 0 Å². The van der Waals surface area contributed by atoms with Crippen molar-refractivity contribution in [1.29, 1.82) is 0 Å². The summed E-state index contributed by atoms with van der Waals surface area (Å²) in [7, 11) is 3.38. The van der Waals surface area contributed by atoms with Gasteiger partial charge in [-0.05, 0) is 11.6 Å². The number of H-pyrrole nitrogens is 1. The van der Waals surface area contributed by atoms with Crippen LogP contribution in [-0.2, 0) is 11.2 Å². The van der Waals surface area contributed by atoms with Gasteiger partial charge in [-0.15, -0.1) is 0 Å². The van der Waals surface area contributed by atoms with Crippen molar-refractivity contribution in [3.05, 3.63) is 34.2 Å². The highest BCUT2D eigenvalue weighted by Gasteiger charge is 2.04. The third kappa shape index (κ3) is 2.74. The molecule has 1 aromatic heterocycles. The Morgan fingerprint density at radius 2 is 2.23 bits per heavy atom. The SMILES string of the molecule is CN(C)C(=O)Cc1cc[nH]c(=O)c1.